The molecule has 0 aliphatic heterocycles. The Hall–Kier alpha value is -1.51. The molecule has 100 valence electrons. The third kappa shape index (κ3) is 3.72. The molecule has 0 aliphatic carbocycles. The highest BCUT2D eigenvalue weighted by Crippen LogP contribution is 2.20. The molecular weight excluding hydrogens is 258 g/mol. The summed E-state index contributed by atoms with van der Waals surface area (Å²) in [6.07, 6.45) is -0.690. The molecule has 0 saturated carbocycles. The molecule has 3 heteroatoms. The van der Waals surface area contributed by atoms with E-state index in [1.54, 1.807) is 0 Å². The van der Waals surface area contributed by atoms with E-state index in [1.165, 1.54) is 5.56 Å². The second-order valence-corrected chi connectivity index (χ2v) is 4.89. The van der Waals surface area contributed by atoms with E-state index in [9.17, 15) is 5.11 Å². The van der Waals surface area contributed by atoms with Crippen LogP contribution in [-0.4, -0.2) is 17.2 Å². The average Bonchev–Trinajstić information content (AvgIpc) is 2.46. The van der Waals surface area contributed by atoms with Gasteiger partial charge in [0.1, 0.15) is 6.23 Å². The first-order valence-electron chi connectivity index (χ1n) is 6.32. The molecule has 0 fully saturated rings. The SMILES string of the molecule is Cc1ccc(N(Cc2ccccc2)C(O)CCl)cc1. The molecule has 1 unspecified atom stereocenters. The molecule has 0 amide bonds. The number of alkyl halides is 1. The van der Waals surface area contributed by atoms with Gasteiger partial charge in [-0.15, -0.1) is 11.6 Å². The lowest BCUT2D eigenvalue weighted by molar-refractivity contribution is 0.190. The highest BCUT2D eigenvalue weighted by atomic mass is 35.5. The summed E-state index contributed by atoms with van der Waals surface area (Å²) < 4.78 is 0. The number of aliphatic hydroxyl groups excluding tert-OH is 1. The van der Waals surface area contributed by atoms with Crippen molar-refractivity contribution in [1.82, 2.24) is 0 Å². The van der Waals surface area contributed by atoms with Gasteiger partial charge in [-0.05, 0) is 24.6 Å². The molecular formula is C16H18ClNO. The zero-order chi connectivity index (χ0) is 13.7. The Labute approximate surface area is 119 Å². The third-order valence-corrected chi connectivity index (χ3v) is 3.34. The lowest BCUT2D eigenvalue weighted by atomic mass is 10.1. The second-order valence-electron chi connectivity index (χ2n) is 4.58. The van der Waals surface area contributed by atoms with Crippen LogP contribution >= 0.6 is 11.6 Å². The lowest BCUT2D eigenvalue weighted by Crippen LogP contribution is -2.36. The monoisotopic (exact) mass is 275 g/mol. The molecule has 0 heterocycles. The van der Waals surface area contributed by atoms with Gasteiger partial charge in [0.15, 0.2) is 0 Å². The summed E-state index contributed by atoms with van der Waals surface area (Å²) in [6, 6.07) is 18.2. The summed E-state index contributed by atoms with van der Waals surface area (Å²) >= 11 is 5.80. The molecule has 2 aromatic rings. The van der Waals surface area contributed by atoms with Crippen molar-refractivity contribution in [2.24, 2.45) is 0 Å². The molecule has 0 aliphatic rings. The summed E-state index contributed by atoms with van der Waals surface area (Å²) in [5, 5.41) is 10.1. The van der Waals surface area contributed by atoms with E-state index in [0.717, 1.165) is 11.3 Å². The van der Waals surface area contributed by atoms with Crippen LogP contribution < -0.4 is 4.90 Å². The summed E-state index contributed by atoms with van der Waals surface area (Å²) in [4.78, 5) is 1.90. The number of nitrogens with zero attached hydrogens (tertiary/aromatic N) is 1. The Morgan fingerprint density at radius 1 is 1.05 bits per heavy atom. The van der Waals surface area contributed by atoms with E-state index in [2.05, 4.69) is 0 Å². The second kappa shape index (κ2) is 6.60. The van der Waals surface area contributed by atoms with Crippen LogP contribution in [-0.2, 0) is 6.54 Å². The van der Waals surface area contributed by atoms with Gasteiger partial charge in [0.25, 0.3) is 0 Å². The third-order valence-electron chi connectivity index (χ3n) is 3.06. The average molecular weight is 276 g/mol. The Kier molecular flexibility index (Phi) is 4.83. The van der Waals surface area contributed by atoms with Crippen molar-refractivity contribution in [3.8, 4) is 0 Å². The summed E-state index contributed by atoms with van der Waals surface area (Å²) in [5.74, 6) is 0.181. The van der Waals surface area contributed by atoms with Gasteiger partial charge in [-0.3, -0.25) is 0 Å². The van der Waals surface area contributed by atoms with E-state index in [1.807, 2.05) is 66.4 Å². The van der Waals surface area contributed by atoms with Crippen molar-refractivity contribution >= 4 is 17.3 Å². The van der Waals surface area contributed by atoms with E-state index >= 15 is 0 Å². The van der Waals surface area contributed by atoms with Crippen LogP contribution in [0.5, 0.6) is 0 Å². The van der Waals surface area contributed by atoms with Gasteiger partial charge < -0.3 is 10.0 Å². The van der Waals surface area contributed by atoms with Crippen LogP contribution in [0.4, 0.5) is 5.69 Å². The van der Waals surface area contributed by atoms with Crippen molar-refractivity contribution in [2.45, 2.75) is 19.7 Å². The highest BCUT2D eigenvalue weighted by molar-refractivity contribution is 6.18. The Balaban J connectivity index is 2.23. The Morgan fingerprint density at radius 2 is 1.68 bits per heavy atom. The van der Waals surface area contributed by atoms with Crippen LogP contribution in [0.15, 0.2) is 54.6 Å². The number of aryl methyl sites for hydroxylation is 1. The van der Waals surface area contributed by atoms with Crippen LogP contribution in [0.3, 0.4) is 0 Å². The Morgan fingerprint density at radius 3 is 2.26 bits per heavy atom. The molecule has 2 nitrogen and oxygen atoms in total. The van der Waals surface area contributed by atoms with Gasteiger partial charge in [-0.2, -0.15) is 0 Å². The number of benzene rings is 2. The lowest BCUT2D eigenvalue weighted by Gasteiger charge is -2.29. The van der Waals surface area contributed by atoms with Crippen LogP contribution in [0.1, 0.15) is 11.1 Å². The number of hydrogen-bond donors (Lipinski definition) is 1. The van der Waals surface area contributed by atoms with E-state index in [-0.39, 0.29) is 5.88 Å². The standard InChI is InChI=1S/C16H18ClNO/c1-13-7-9-15(10-8-13)18(16(19)11-17)12-14-5-3-2-4-6-14/h2-10,16,19H,11-12H2,1H3. The quantitative estimate of drug-likeness (QED) is 0.666. The normalized spacial score (nSPS) is 12.2. The fourth-order valence-corrected chi connectivity index (χ4v) is 2.13. The zero-order valence-corrected chi connectivity index (χ0v) is 11.7. The maximum atomic E-state index is 10.1. The molecule has 0 saturated heterocycles. The van der Waals surface area contributed by atoms with Crippen molar-refractivity contribution in [2.75, 3.05) is 10.8 Å². The van der Waals surface area contributed by atoms with Gasteiger partial charge >= 0.3 is 0 Å². The number of anilines is 1. The van der Waals surface area contributed by atoms with Gasteiger partial charge in [0.05, 0.1) is 5.88 Å². The first-order valence-corrected chi connectivity index (χ1v) is 6.85. The Bertz CT molecular complexity index is 498. The summed E-state index contributed by atoms with van der Waals surface area (Å²) in [6.45, 7) is 2.68. The zero-order valence-electron chi connectivity index (χ0n) is 11.0. The largest absolute Gasteiger partial charge is 0.372 e. The first kappa shape index (κ1) is 13.9. The van der Waals surface area contributed by atoms with Crippen molar-refractivity contribution < 1.29 is 5.11 Å². The molecule has 0 spiro atoms. The number of rotatable bonds is 5. The van der Waals surface area contributed by atoms with E-state index in [0.29, 0.717) is 6.54 Å². The minimum atomic E-state index is -0.690. The summed E-state index contributed by atoms with van der Waals surface area (Å²) in [7, 11) is 0. The number of aliphatic hydroxyl groups is 1. The van der Waals surface area contributed by atoms with Crippen LogP contribution in [0.2, 0.25) is 0 Å². The summed E-state index contributed by atoms with van der Waals surface area (Å²) in [5.41, 5.74) is 3.32. The van der Waals surface area contributed by atoms with E-state index in [4.69, 9.17) is 11.6 Å². The molecule has 0 bridgehead atoms. The molecule has 19 heavy (non-hydrogen) atoms. The maximum absolute atomic E-state index is 10.1. The van der Waals surface area contributed by atoms with Gasteiger partial charge in [0.2, 0.25) is 0 Å². The van der Waals surface area contributed by atoms with Gasteiger partial charge in [0, 0.05) is 12.2 Å². The molecule has 1 N–H and O–H groups in total. The molecule has 2 aromatic carbocycles. The highest BCUT2D eigenvalue weighted by Gasteiger charge is 2.15. The minimum Gasteiger partial charge on any atom is -0.372 e. The smallest absolute Gasteiger partial charge is 0.140 e. The molecule has 0 aromatic heterocycles. The van der Waals surface area contributed by atoms with Crippen LogP contribution in [0.25, 0.3) is 0 Å². The van der Waals surface area contributed by atoms with Crippen molar-refractivity contribution in [3.63, 3.8) is 0 Å². The fourth-order valence-electron chi connectivity index (χ4n) is 1.97. The predicted molar refractivity (Wildman–Crippen MR) is 80.5 cm³/mol. The minimum absolute atomic E-state index is 0.181. The first-order chi connectivity index (χ1) is 9.20. The number of halogens is 1. The number of hydrogen-bond acceptors (Lipinski definition) is 2. The molecule has 1 atom stereocenters. The maximum Gasteiger partial charge on any atom is 0.140 e. The van der Waals surface area contributed by atoms with Crippen molar-refractivity contribution in [3.05, 3.63) is 65.7 Å². The van der Waals surface area contributed by atoms with Crippen LogP contribution in [0, 0.1) is 6.92 Å². The fraction of sp³-hybridized carbons (Fsp3) is 0.250. The van der Waals surface area contributed by atoms with E-state index < -0.39 is 6.23 Å². The molecule has 0 radical (unpaired) electrons. The topological polar surface area (TPSA) is 23.5 Å². The van der Waals surface area contributed by atoms with Gasteiger partial charge in [-0.1, -0.05) is 48.0 Å². The molecule has 2 rings (SSSR count). The predicted octanol–water partition coefficient (Wildman–Crippen LogP) is 3.56. The van der Waals surface area contributed by atoms with Crippen molar-refractivity contribution in [1.29, 1.82) is 0 Å². The van der Waals surface area contributed by atoms with Gasteiger partial charge in [-0.25, -0.2) is 0 Å².